The van der Waals surface area contributed by atoms with Crippen LogP contribution in [0.5, 0.6) is 5.75 Å². The second-order valence-corrected chi connectivity index (χ2v) is 8.36. The minimum Gasteiger partial charge on any atom is -0.481 e. The molecule has 30 heavy (non-hydrogen) atoms. The molecule has 1 fully saturated rings. The first-order chi connectivity index (χ1) is 14.4. The van der Waals surface area contributed by atoms with Crippen molar-refractivity contribution < 1.29 is 22.3 Å². The fraction of sp³-hybridized carbons (Fsp3) is 0.520. The normalized spacial score (nSPS) is 19.6. The Morgan fingerprint density at radius 2 is 1.63 bits per heavy atom. The van der Waals surface area contributed by atoms with E-state index in [0.29, 0.717) is 11.5 Å². The highest BCUT2D eigenvalue weighted by Gasteiger charge is 2.29. The summed E-state index contributed by atoms with van der Waals surface area (Å²) in [5, 5.41) is 0. The van der Waals surface area contributed by atoms with E-state index in [1.54, 1.807) is 6.07 Å². The van der Waals surface area contributed by atoms with Crippen molar-refractivity contribution in [2.75, 3.05) is 6.61 Å². The Balaban J connectivity index is 1.62. The number of hydrogen-bond donors (Lipinski definition) is 0. The van der Waals surface area contributed by atoms with Gasteiger partial charge in [-0.2, -0.15) is 13.2 Å². The lowest BCUT2D eigenvalue weighted by Gasteiger charge is -2.29. The average Bonchev–Trinajstić information content (AvgIpc) is 2.73. The Labute approximate surface area is 176 Å². The van der Waals surface area contributed by atoms with Crippen LogP contribution in [0.4, 0.5) is 17.6 Å². The van der Waals surface area contributed by atoms with Crippen LogP contribution in [0, 0.1) is 11.7 Å². The van der Waals surface area contributed by atoms with Gasteiger partial charge in [0.25, 0.3) is 0 Å². The van der Waals surface area contributed by atoms with Crippen LogP contribution < -0.4 is 4.74 Å². The molecule has 2 aromatic rings. The Bertz CT molecular complexity index is 790. The van der Waals surface area contributed by atoms with E-state index in [4.69, 9.17) is 0 Å². The van der Waals surface area contributed by atoms with Crippen molar-refractivity contribution in [2.24, 2.45) is 5.92 Å². The molecule has 1 nitrogen and oxygen atoms in total. The zero-order chi connectivity index (χ0) is 21.6. The molecule has 0 radical (unpaired) electrons. The molecule has 2 aromatic carbocycles. The summed E-state index contributed by atoms with van der Waals surface area (Å²) in [7, 11) is 0. The van der Waals surface area contributed by atoms with Crippen LogP contribution >= 0.6 is 0 Å². The van der Waals surface area contributed by atoms with Crippen LogP contribution in [0.15, 0.2) is 42.5 Å². The maximum absolute atomic E-state index is 14.7. The molecule has 1 saturated carbocycles. The standard InChI is InChI=1S/C25H30F4O/c1-2-3-4-6-18-9-11-19(12-10-18)20-13-15-21(16-14-20)22-7-5-8-23(24(22)26)30-17-25(27,28)29/h5,7-8,13-16,18-19H,2-4,6,9-12,17H2,1H3. The quantitative estimate of drug-likeness (QED) is 0.307. The molecular weight excluding hydrogens is 392 g/mol. The highest BCUT2D eigenvalue weighted by atomic mass is 19.4. The van der Waals surface area contributed by atoms with Crippen LogP contribution in [-0.2, 0) is 0 Å². The molecule has 0 atom stereocenters. The first-order valence-electron chi connectivity index (χ1n) is 11.0. The van der Waals surface area contributed by atoms with Gasteiger partial charge in [0, 0.05) is 5.56 Å². The van der Waals surface area contributed by atoms with E-state index in [1.807, 2.05) is 24.3 Å². The molecule has 0 saturated heterocycles. The van der Waals surface area contributed by atoms with Gasteiger partial charge >= 0.3 is 6.18 Å². The van der Waals surface area contributed by atoms with E-state index in [0.717, 1.165) is 5.92 Å². The zero-order valence-corrected chi connectivity index (χ0v) is 17.5. The van der Waals surface area contributed by atoms with Crippen molar-refractivity contribution in [1.82, 2.24) is 0 Å². The van der Waals surface area contributed by atoms with Gasteiger partial charge in [-0.05, 0) is 54.7 Å². The van der Waals surface area contributed by atoms with Crippen molar-refractivity contribution in [3.63, 3.8) is 0 Å². The Kier molecular flexibility index (Phi) is 7.79. The summed E-state index contributed by atoms with van der Waals surface area (Å²) in [6.45, 7) is 0.728. The third-order valence-electron chi connectivity index (χ3n) is 6.11. The summed E-state index contributed by atoms with van der Waals surface area (Å²) in [5.74, 6) is 0.241. The van der Waals surface area contributed by atoms with Crippen molar-refractivity contribution in [3.05, 3.63) is 53.8 Å². The minimum atomic E-state index is -4.50. The maximum atomic E-state index is 14.7. The third-order valence-corrected chi connectivity index (χ3v) is 6.11. The smallest absolute Gasteiger partial charge is 0.422 e. The maximum Gasteiger partial charge on any atom is 0.422 e. The Morgan fingerprint density at radius 1 is 0.933 bits per heavy atom. The molecule has 164 valence electrons. The molecule has 3 rings (SSSR count). The summed E-state index contributed by atoms with van der Waals surface area (Å²) >= 11 is 0. The summed E-state index contributed by atoms with van der Waals surface area (Å²) in [6, 6.07) is 12.1. The molecule has 0 N–H and O–H groups in total. The second kappa shape index (κ2) is 10.3. The molecular formula is C25H30F4O. The first kappa shape index (κ1) is 22.6. The van der Waals surface area contributed by atoms with Gasteiger partial charge in [-0.15, -0.1) is 0 Å². The van der Waals surface area contributed by atoms with Crippen LogP contribution in [0.25, 0.3) is 11.1 Å². The van der Waals surface area contributed by atoms with Gasteiger partial charge in [0.1, 0.15) is 0 Å². The molecule has 1 aliphatic carbocycles. The van der Waals surface area contributed by atoms with E-state index >= 15 is 0 Å². The van der Waals surface area contributed by atoms with E-state index in [9.17, 15) is 17.6 Å². The highest BCUT2D eigenvalue weighted by Crippen LogP contribution is 2.38. The van der Waals surface area contributed by atoms with Crippen LogP contribution in [0.3, 0.4) is 0 Å². The largest absolute Gasteiger partial charge is 0.481 e. The van der Waals surface area contributed by atoms with Crippen molar-refractivity contribution in [3.8, 4) is 16.9 Å². The van der Waals surface area contributed by atoms with E-state index in [1.165, 1.54) is 69.1 Å². The molecule has 5 heteroatoms. The summed E-state index contributed by atoms with van der Waals surface area (Å²) < 4.78 is 56.4. The minimum absolute atomic E-state index is 0.251. The Morgan fingerprint density at radius 3 is 2.27 bits per heavy atom. The van der Waals surface area contributed by atoms with Gasteiger partial charge in [0.05, 0.1) is 0 Å². The fourth-order valence-corrected chi connectivity index (χ4v) is 4.41. The predicted octanol–water partition coefficient (Wildman–Crippen LogP) is 8.29. The monoisotopic (exact) mass is 422 g/mol. The molecule has 0 bridgehead atoms. The third kappa shape index (κ3) is 6.23. The molecule has 0 spiro atoms. The van der Waals surface area contributed by atoms with Crippen molar-refractivity contribution in [1.29, 1.82) is 0 Å². The molecule has 0 aliphatic heterocycles. The molecule has 1 aliphatic rings. The average molecular weight is 423 g/mol. The lowest BCUT2D eigenvalue weighted by Crippen LogP contribution is -2.19. The van der Waals surface area contributed by atoms with Gasteiger partial charge in [-0.3, -0.25) is 0 Å². The summed E-state index contributed by atoms with van der Waals surface area (Å²) in [6.07, 6.45) is 5.66. The van der Waals surface area contributed by atoms with Crippen LogP contribution in [-0.4, -0.2) is 12.8 Å². The number of hydrogen-bond acceptors (Lipinski definition) is 1. The molecule has 0 amide bonds. The lowest BCUT2D eigenvalue weighted by atomic mass is 9.77. The number of halogens is 4. The zero-order valence-electron chi connectivity index (χ0n) is 17.5. The number of benzene rings is 2. The van der Waals surface area contributed by atoms with Gasteiger partial charge in [-0.1, -0.05) is 69.0 Å². The van der Waals surface area contributed by atoms with Crippen LogP contribution in [0.1, 0.15) is 69.8 Å². The summed E-state index contributed by atoms with van der Waals surface area (Å²) in [5.41, 5.74) is 2.15. The lowest BCUT2D eigenvalue weighted by molar-refractivity contribution is -0.153. The van der Waals surface area contributed by atoms with Gasteiger partial charge < -0.3 is 4.74 Å². The summed E-state index contributed by atoms with van der Waals surface area (Å²) in [4.78, 5) is 0. The molecule has 0 heterocycles. The fourth-order valence-electron chi connectivity index (χ4n) is 4.41. The number of rotatable bonds is 8. The van der Waals surface area contributed by atoms with Crippen molar-refractivity contribution in [2.45, 2.75) is 70.4 Å². The van der Waals surface area contributed by atoms with E-state index < -0.39 is 18.6 Å². The number of ether oxygens (including phenoxy) is 1. The topological polar surface area (TPSA) is 9.23 Å². The van der Waals surface area contributed by atoms with E-state index in [-0.39, 0.29) is 11.3 Å². The van der Waals surface area contributed by atoms with Gasteiger partial charge in [-0.25, -0.2) is 4.39 Å². The van der Waals surface area contributed by atoms with Crippen molar-refractivity contribution >= 4 is 0 Å². The number of alkyl halides is 3. The molecule has 0 aromatic heterocycles. The second-order valence-electron chi connectivity index (χ2n) is 8.36. The predicted molar refractivity (Wildman–Crippen MR) is 112 cm³/mol. The SMILES string of the molecule is CCCCCC1CCC(c2ccc(-c3cccc(OCC(F)(F)F)c3F)cc2)CC1. The molecule has 0 unspecified atom stereocenters. The van der Waals surface area contributed by atoms with Gasteiger partial charge in [0.15, 0.2) is 18.2 Å². The van der Waals surface area contributed by atoms with Crippen LogP contribution in [0.2, 0.25) is 0 Å². The first-order valence-corrected chi connectivity index (χ1v) is 11.0. The number of unbranched alkanes of at least 4 members (excludes halogenated alkanes) is 2. The highest BCUT2D eigenvalue weighted by molar-refractivity contribution is 5.66. The Hall–Kier alpha value is -2.04. The van der Waals surface area contributed by atoms with Gasteiger partial charge in [0.2, 0.25) is 0 Å². The van der Waals surface area contributed by atoms with E-state index in [2.05, 4.69) is 11.7 Å².